The molecule has 114 valence electrons. The Morgan fingerprint density at radius 3 is 2.62 bits per heavy atom. The van der Waals surface area contributed by atoms with Crippen molar-refractivity contribution in [2.45, 2.75) is 6.92 Å². The molecule has 2 heterocycles. The van der Waals surface area contributed by atoms with Gasteiger partial charge in [0.25, 0.3) is 5.91 Å². The van der Waals surface area contributed by atoms with Crippen molar-refractivity contribution >= 4 is 29.7 Å². The average Bonchev–Trinajstić information content (AvgIpc) is 2.81. The Kier molecular flexibility index (Phi) is 6.74. The van der Waals surface area contributed by atoms with E-state index < -0.39 is 0 Å². The normalized spacial score (nSPS) is 10.3. The molecule has 2 rings (SSSR count). The smallest absolute Gasteiger partial charge is 0.280 e. The van der Waals surface area contributed by atoms with E-state index in [1.54, 1.807) is 12.4 Å². The lowest BCUT2D eigenvalue weighted by Gasteiger charge is -2.09. The van der Waals surface area contributed by atoms with Crippen molar-refractivity contribution in [3.05, 3.63) is 35.2 Å². The third-order valence-corrected chi connectivity index (χ3v) is 3.98. The summed E-state index contributed by atoms with van der Waals surface area (Å²) in [4.78, 5) is 23.4. The summed E-state index contributed by atoms with van der Waals surface area (Å²) < 4.78 is 0. The van der Waals surface area contributed by atoms with E-state index in [1.807, 2.05) is 38.1 Å². The highest BCUT2D eigenvalue weighted by molar-refractivity contribution is 7.17. The molecule has 0 saturated heterocycles. The Bertz CT molecular complexity index is 586. The highest BCUT2D eigenvalue weighted by Crippen LogP contribution is 2.29. The Balaban J connectivity index is 0.00000220. The fourth-order valence-corrected chi connectivity index (χ4v) is 2.72. The molecule has 0 radical (unpaired) electrons. The molecule has 0 bridgehead atoms. The first-order valence-corrected chi connectivity index (χ1v) is 7.20. The van der Waals surface area contributed by atoms with Crippen molar-refractivity contribution in [1.82, 2.24) is 20.2 Å². The van der Waals surface area contributed by atoms with Crippen molar-refractivity contribution in [3.8, 4) is 10.4 Å². The zero-order valence-electron chi connectivity index (χ0n) is 12.3. The number of hydrogen-bond donors (Lipinski definition) is 1. The fraction of sp³-hybridized carbons (Fsp3) is 0.357. The predicted octanol–water partition coefficient (Wildman–Crippen LogP) is 2.23. The molecule has 1 N–H and O–H groups in total. The molecule has 0 aliphatic rings. The molecule has 1 amide bonds. The minimum Gasteiger partial charge on any atom is -0.349 e. The minimum absolute atomic E-state index is 0. The van der Waals surface area contributed by atoms with Gasteiger partial charge in [-0.3, -0.25) is 9.78 Å². The van der Waals surface area contributed by atoms with Crippen LogP contribution in [-0.4, -0.2) is 48.0 Å². The van der Waals surface area contributed by atoms with Crippen molar-refractivity contribution in [2.75, 3.05) is 27.2 Å². The summed E-state index contributed by atoms with van der Waals surface area (Å²) in [5, 5.41) is 3.38. The van der Waals surface area contributed by atoms with Crippen LogP contribution in [-0.2, 0) is 0 Å². The number of nitrogens with one attached hydrogen (secondary N) is 1. The van der Waals surface area contributed by atoms with Crippen LogP contribution in [0.25, 0.3) is 10.4 Å². The van der Waals surface area contributed by atoms with Gasteiger partial charge in [-0.25, -0.2) is 4.98 Å². The van der Waals surface area contributed by atoms with E-state index in [4.69, 9.17) is 0 Å². The summed E-state index contributed by atoms with van der Waals surface area (Å²) in [7, 11) is 3.95. The van der Waals surface area contributed by atoms with Crippen LogP contribution in [0.4, 0.5) is 0 Å². The molecular formula is C14H19ClN4OS. The summed E-state index contributed by atoms with van der Waals surface area (Å²) in [6.07, 6.45) is 3.48. The highest BCUT2D eigenvalue weighted by atomic mass is 35.5. The van der Waals surface area contributed by atoms with E-state index in [0.717, 1.165) is 22.7 Å². The van der Waals surface area contributed by atoms with E-state index in [9.17, 15) is 4.79 Å². The van der Waals surface area contributed by atoms with Gasteiger partial charge in [0.1, 0.15) is 0 Å². The molecular weight excluding hydrogens is 308 g/mol. The molecule has 0 saturated carbocycles. The van der Waals surface area contributed by atoms with Gasteiger partial charge in [0.15, 0.2) is 5.01 Å². The zero-order chi connectivity index (χ0) is 14.5. The van der Waals surface area contributed by atoms with Crippen LogP contribution in [0.3, 0.4) is 0 Å². The summed E-state index contributed by atoms with van der Waals surface area (Å²) in [6.45, 7) is 3.35. The Hall–Kier alpha value is -1.50. The number of rotatable bonds is 5. The molecule has 0 aromatic carbocycles. The molecule has 5 nitrogen and oxygen atoms in total. The second-order valence-electron chi connectivity index (χ2n) is 4.73. The maximum absolute atomic E-state index is 12.0. The van der Waals surface area contributed by atoms with Gasteiger partial charge in [-0.2, -0.15) is 0 Å². The largest absolute Gasteiger partial charge is 0.349 e. The third-order valence-electron chi connectivity index (χ3n) is 2.78. The number of pyridine rings is 1. The number of halogens is 1. The van der Waals surface area contributed by atoms with Crippen LogP contribution in [0.1, 0.15) is 15.5 Å². The van der Waals surface area contributed by atoms with Crippen molar-refractivity contribution in [2.24, 2.45) is 0 Å². The standard InChI is InChI=1S/C14H18N4OS.ClH/c1-10-12(11-4-6-15-7-5-11)20-14(17-10)13(19)16-8-9-18(2)3;/h4-7H,8-9H2,1-3H3,(H,16,19);1H. The number of aryl methyl sites for hydroxylation is 1. The second kappa shape index (κ2) is 8.07. The Labute approximate surface area is 134 Å². The number of carbonyl (C=O) groups excluding carboxylic acids is 1. The van der Waals surface area contributed by atoms with Crippen molar-refractivity contribution in [3.63, 3.8) is 0 Å². The first-order chi connectivity index (χ1) is 9.58. The predicted molar refractivity (Wildman–Crippen MR) is 88.2 cm³/mol. The SMILES string of the molecule is Cc1nc(C(=O)NCCN(C)C)sc1-c1ccncc1.Cl. The van der Waals surface area contributed by atoms with Gasteiger partial charge in [0.2, 0.25) is 0 Å². The molecule has 0 spiro atoms. The molecule has 0 fully saturated rings. The van der Waals surface area contributed by atoms with Crippen LogP contribution >= 0.6 is 23.7 Å². The van der Waals surface area contributed by atoms with E-state index in [-0.39, 0.29) is 18.3 Å². The number of amides is 1. The van der Waals surface area contributed by atoms with Gasteiger partial charge in [0.05, 0.1) is 10.6 Å². The topological polar surface area (TPSA) is 58.1 Å². The van der Waals surface area contributed by atoms with Crippen LogP contribution in [0.5, 0.6) is 0 Å². The van der Waals surface area contributed by atoms with Gasteiger partial charge in [0, 0.05) is 25.5 Å². The number of hydrogen-bond acceptors (Lipinski definition) is 5. The summed E-state index contributed by atoms with van der Waals surface area (Å²) in [5.41, 5.74) is 1.92. The van der Waals surface area contributed by atoms with E-state index in [2.05, 4.69) is 15.3 Å². The van der Waals surface area contributed by atoms with Crippen LogP contribution < -0.4 is 5.32 Å². The van der Waals surface area contributed by atoms with Crippen LogP contribution in [0, 0.1) is 6.92 Å². The fourth-order valence-electron chi connectivity index (χ4n) is 1.73. The quantitative estimate of drug-likeness (QED) is 0.915. The molecule has 21 heavy (non-hydrogen) atoms. The molecule has 0 aliphatic heterocycles. The average molecular weight is 327 g/mol. The summed E-state index contributed by atoms with van der Waals surface area (Å²) in [5.74, 6) is -0.111. The third kappa shape index (κ3) is 4.77. The Morgan fingerprint density at radius 2 is 2.00 bits per heavy atom. The number of aromatic nitrogens is 2. The van der Waals surface area contributed by atoms with Gasteiger partial charge in [-0.1, -0.05) is 0 Å². The maximum Gasteiger partial charge on any atom is 0.280 e. The molecule has 0 unspecified atom stereocenters. The summed E-state index contributed by atoms with van der Waals surface area (Å²) in [6, 6.07) is 3.85. The lowest BCUT2D eigenvalue weighted by atomic mass is 10.2. The van der Waals surface area contributed by atoms with E-state index >= 15 is 0 Å². The summed E-state index contributed by atoms with van der Waals surface area (Å²) >= 11 is 1.42. The number of likely N-dealkylation sites (N-methyl/N-ethyl adjacent to an activating group) is 1. The van der Waals surface area contributed by atoms with Gasteiger partial charge < -0.3 is 10.2 Å². The van der Waals surface area contributed by atoms with Gasteiger partial charge in [-0.15, -0.1) is 23.7 Å². The molecule has 7 heteroatoms. The lowest BCUT2D eigenvalue weighted by molar-refractivity contribution is 0.0950. The molecule has 0 aliphatic carbocycles. The molecule has 0 atom stereocenters. The van der Waals surface area contributed by atoms with Gasteiger partial charge >= 0.3 is 0 Å². The lowest BCUT2D eigenvalue weighted by Crippen LogP contribution is -2.31. The van der Waals surface area contributed by atoms with E-state index in [0.29, 0.717) is 11.6 Å². The first kappa shape index (κ1) is 17.6. The van der Waals surface area contributed by atoms with Crippen LogP contribution in [0.15, 0.2) is 24.5 Å². The maximum atomic E-state index is 12.0. The number of thiazole rings is 1. The first-order valence-electron chi connectivity index (χ1n) is 6.38. The van der Waals surface area contributed by atoms with Crippen molar-refractivity contribution < 1.29 is 4.79 Å². The number of nitrogens with zero attached hydrogens (tertiary/aromatic N) is 3. The van der Waals surface area contributed by atoms with Crippen LogP contribution in [0.2, 0.25) is 0 Å². The zero-order valence-corrected chi connectivity index (χ0v) is 13.9. The highest BCUT2D eigenvalue weighted by Gasteiger charge is 2.15. The second-order valence-corrected chi connectivity index (χ2v) is 5.73. The minimum atomic E-state index is -0.111. The monoisotopic (exact) mass is 326 g/mol. The molecule has 2 aromatic rings. The Morgan fingerprint density at radius 1 is 1.33 bits per heavy atom. The number of carbonyl (C=O) groups is 1. The van der Waals surface area contributed by atoms with Gasteiger partial charge in [-0.05, 0) is 38.7 Å². The molecule has 2 aromatic heterocycles. The van der Waals surface area contributed by atoms with Crippen molar-refractivity contribution in [1.29, 1.82) is 0 Å². The van der Waals surface area contributed by atoms with E-state index in [1.165, 1.54) is 11.3 Å².